The lowest BCUT2D eigenvalue weighted by Gasteiger charge is -2.17. The number of primary amides is 1. The Bertz CT molecular complexity index is 704. The molecule has 1 aromatic rings. The van der Waals surface area contributed by atoms with E-state index in [9.17, 15) is 13.2 Å². The average molecular weight is 307 g/mol. The first-order chi connectivity index (χ1) is 9.96. The Labute approximate surface area is 124 Å². The molecule has 1 saturated heterocycles. The number of carbonyl (C=O) groups is 1. The van der Waals surface area contributed by atoms with Crippen molar-refractivity contribution in [2.45, 2.75) is 11.3 Å². The third kappa shape index (κ3) is 3.24. The predicted molar refractivity (Wildman–Crippen MR) is 78.4 cm³/mol. The first kappa shape index (κ1) is 15.5. The lowest BCUT2D eigenvalue weighted by Crippen LogP contribution is -2.32. The van der Waals surface area contributed by atoms with Crippen LogP contribution < -0.4 is 11.5 Å². The quantitative estimate of drug-likeness (QED) is 0.734. The summed E-state index contributed by atoms with van der Waals surface area (Å²) >= 11 is 0. The van der Waals surface area contributed by atoms with Gasteiger partial charge in [-0.25, -0.2) is 8.42 Å². The minimum Gasteiger partial charge on any atom is -0.369 e. The van der Waals surface area contributed by atoms with Gasteiger partial charge in [0.05, 0.1) is 17.4 Å². The second-order valence-corrected chi connectivity index (χ2v) is 6.66. The van der Waals surface area contributed by atoms with Gasteiger partial charge in [0.25, 0.3) is 0 Å². The molecule has 1 heterocycles. The summed E-state index contributed by atoms with van der Waals surface area (Å²) in [5.74, 6) is 4.52. The number of nitrogens with zero attached hydrogens (tertiary/aromatic N) is 1. The molecule has 1 fully saturated rings. The SMILES string of the molecule is NCC#Cc1ccccc1S(=O)(=O)N1CCC(C(N)=O)C1. The van der Waals surface area contributed by atoms with Gasteiger partial charge in [-0.2, -0.15) is 4.31 Å². The van der Waals surface area contributed by atoms with Gasteiger partial charge in [0, 0.05) is 18.7 Å². The number of rotatable bonds is 3. The number of hydrogen-bond acceptors (Lipinski definition) is 4. The maximum absolute atomic E-state index is 12.7. The van der Waals surface area contributed by atoms with E-state index in [0.717, 1.165) is 0 Å². The highest BCUT2D eigenvalue weighted by atomic mass is 32.2. The van der Waals surface area contributed by atoms with Crippen molar-refractivity contribution in [1.82, 2.24) is 4.31 Å². The van der Waals surface area contributed by atoms with Crippen LogP contribution in [0, 0.1) is 17.8 Å². The van der Waals surface area contributed by atoms with Crippen LogP contribution in [0.4, 0.5) is 0 Å². The maximum atomic E-state index is 12.7. The standard InChI is InChI=1S/C14H17N3O3S/c15-8-3-5-11-4-1-2-6-13(11)21(19,20)17-9-7-12(10-17)14(16)18/h1-2,4,6,12H,7-10,15H2,(H2,16,18). The van der Waals surface area contributed by atoms with Crippen molar-refractivity contribution in [3.63, 3.8) is 0 Å². The Balaban J connectivity index is 2.35. The van der Waals surface area contributed by atoms with Crippen LogP contribution in [0.3, 0.4) is 0 Å². The molecule has 2 rings (SSSR count). The van der Waals surface area contributed by atoms with E-state index in [4.69, 9.17) is 11.5 Å². The van der Waals surface area contributed by atoms with E-state index < -0.39 is 21.8 Å². The van der Waals surface area contributed by atoms with Crippen LogP contribution >= 0.6 is 0 Å². The highest BCUT2D eigenvalue weighted by Gasteiger charge is 2.35. The average Bonchev–Trinajstić information content (AvgIpc) is 2.96. The minimum absolute atomic E-state index is 0.121. The van der Waals surface area contributed by atoms with Gasteiger partial charge in [0.1, 0.15) is 0 Å². The fourth-order valence-corrected chi connectivity index (χ4v) is 3.91. The number of sulfonamides is 1. The number of amides is 1. The van der Waals surface area contributed by atoms with Crippen molar-refractivity contribution in [3.8, 4) is 11.8 Å². The van der Waals surface area contributed by atoms with Crippen molar-refractivity contribution in [3.05, 3.63) is 29.8 Å². The first-order valence-corrected chi connectivity index (χ1v) is 7.98. The first-order valence-electron chi connectivity index (χ1n) is 6.54. The van der Waals surface area contributed by atoms with E-state index in [-0.39, 0.29) is 24.5 Å². The van der Waals surface area contributed by atoms with Crippen LogP contribution in [-0.2, 0) is 14.8 Å². The van der Waals surface area contributed by atoms with Crippen molar-refractivity contribution < 1.29 is 13.2 Å². The Morgan fingerprint density at radius 2 is 2.10 bits per heavy atom. The zero-order chi connectivity index (χ0) is 15.5. The van der Waals surface area contributed by atoms with Crippen LogP contribution in [0.25, 0.3) is 0 Å². The molecule has 4 N–H and O–H groups in total. The summed E-state index contributed by atoms with van der Waals surface area (Å²) in [6, 6.07) is 6.50. The third-order valence-corrected chi connectivity index (χ3v) is 5.31. The fraction of sp³-hybridized carbons (Fsp3) is 0.357. The molecule has 1 aliphatic heterocycles. The number of benzene rings is 1. The van der Waals surface area contributed by atoms with Gasteiger partial charge < -0.3 is 11.5 Å². The zero-order valence-electron chi connectivity index (χ0n) is 11.5. The molecule has 1 atom stereocenters. The van der Waals surface area contributed by atoms with Gasteiger partial charge in [-0.05, 0) is 18.6 Å². The lowest BCUT2D eigenvalue weighted by atomic mass is 10.1. The van der Waals surface area contributed by atoms with Gasteiger partial charge in [-0.3, -0.25) is 4.79 Å². The van der Waals surface area contributed by atoms with Gasteiger partial charge in [0.2, 0.25) is 15.9 Å². The fourth-order valence-electron chi connectivity index (χ4n) is 2.26. The second kappa shape index (κ2) is 6.26. The molecule has 7 heteroatoms. The summed E-state index contributed by atoms with van der Waals surface area (Å²) in [6.45, 7) is 0.562. The van der Waals surface area contributed by atoms with Crippen molar-refractivity contribution >= 4 is 15.9 Å². The van der Waals surface area contributed by atoms with E-state index in [2.05, 4.69) is 11.8 Å². The number of nitrogens with two attached hydrogens (primary N) is 2. The van der Waals surface area contributed by atoms with E-state index in [1.54, 1.807) is 18.2 Å². The normalized spacial score (nSPS) is 19.0. The summed E-state index contributed by atoms with van der Waals surface area (Å²) in [7, 11) is -3.68. The van der Waals surface area contributed by atoms with E-state index >= 15 is 0 Å². The van der Waals surface area contributed by atoms with Gasteiger partial charge in [0.15, 0.2) is 0 Å². The molecule has 0 saturated carbocycles. The lowest BCUT2D eigenvalue weighted by molar-refractivity contribution is -0.121. The summed E-state index contributed by atoms with van der Waals surface area (Å²) in [5, 5.41) is 0. The van der Waals surface area contributed by atoms with Crippen LogP contribution in [0.5, 0.6) is 0 Å². The van der Waals surface area contributed by atoms with Crippen molar-refractivity contribution in [1.29, 1.82) is 0 Å². The van der Waals surface area contributed by atoms with Gasteiger partial charge in [-0.1, -0.05) is 24.0 Å². The molecule has 6 nitrogen and oxygen atoms in total. The molecular weight excluding hydrogens is 290 g/mol. The molecule has 0 bridgehead atoms. The van der Waals surface area contributed by atoms with Gasteiger partial charge in [-0.15, -0.1) is 0 Å². The Hall–Kier alpha value is -1.88. The van der Waals surface area contributed by atoms with Crippen LogP contribution in [0.2, 0.25) is 0 Å². The summed E-state index contributed by atoms with van der Waals surface area (Å²) in [4.78, 5) is 11.3. The molecule has 0 aromatic heterocycles. The Morgan fingerprint density at radius 3 is 2.71 bits per heavy atom. The summed E-state index contributed by atoms with van der Waals surface area (Å²) in [5.41, 5.74) is 11.0. The summed E-state index contributed by atoms with van der Waals surface area (Å²) < 4.78 is 26.6. The molecule has 1 unspecified atom stereocenters. The van der Waals surface area contributed by atoms with Crippen LogP contribution in [0.1, 0.15) is 12.0 Å². The number of hydrogen-bond donors (Lipinski definition) is 2. The van der Waals surface area contributed by atoms with Crippen molar-refractivity contribution in [2.24, 2.45) is 17.4 Å². The van der Waals surface area contributed by atoms with E-state index in [1.807, 2.05) is 0 Å². The highest BCUT2D eigenvalue weighted by molar-refractivity contribution is 7.89. The van der Waals surface area contributed by atoms with Crippen LogP contribution in [-0.4, -0.2) is 38.3 Å². The van der Waals surface area contributed by atoms with Crippen LogP contribution in [0.15, 0.2) is 29.2 Å². The molecule has 0 aliphatic carbocycles. The molecular formula is C14H17N3O3S. The minimum atomic E-state index is -3.68. The molecule has 1 aromatic carbocycles. The van der Waals surface area contributed by atoms with E-state index in [0.29, 0.717) is 12.0 Å². The molecule has 1 aliphatic rings. The molecule has 21 heavy (non-hydrogen) atoms. The Morgan fingerprint density at radius 1 is 1.38 bits per heavy atom. The monoisotopic (exact) mass is 307 g/mol. The number of carbonyl (C=O) groups excluding carboxylic acids is 1. The molecule has 112 valence electrons. The predicted octanol–water partition coefficient (Wildman–Crippen LogP) is -0.507. The smallest absolute Gasteiger partial charge is 0.244 e. The molecule has 0 spiro atoms. The Kier molecular flexibility index (Phi) is 4.63. The molecule has 1 amide bonds. The molecule has 0 radical (unpaired) electrons. The van der Waals surface area contributed by atoms with Crippen molar-refractivity contribution in [2.75, 3.05) is 19.6 Å². The topological polar surface area (TPSA) is 106 Å². The van der Waals surface area contributed by atoms with E-state index in [1.165, 1.54) is 10.4 Å². The second-order valence-electron chi connectivity index (χ2n) is 4.75. The largest absolute Gasteiger partial charge is 0.369 e. The highest BCUT2D eigenvalue weighted by Crippen LogP contribution is 2.25. The zero-order valence-corrected chi connectivity index (χ0v) is 12.3. The third-order valence-electron chi connectivity index (χ3n) is 3.38. The summed E-state index contributed by atoms with van der Waals surface area (Å²) in [6.07, 6.45) is 0.450. The van der Waals surface area contributed by atoms with Gasteiger partial charge >= 0.3 is 0 Å². The maximum Gasteiger partial charge on any atom is 0.244 e.